The Bertz CT molecular complexity index is 736. The molecule has 0 N–H and O–H groups in total. The largest absolute Gasteiger partial charge is 0.326 e. The van der Waals surface area contributed by atoms with Crippen molar-refractivity contribution in [3.63, 3.8) is 0 Å². The van der Waals surface area contributed by atoms with Crippen LogP contribution in [0.3, 0.4) is 0 Å². The summed E-state index contributed by atoms with van der Waals surface area (Å²) in [6.45, 7) is 6.13. The number of anilines is 1. The summed E-state index contributed by atoms with van der Waals surface area (Å²) in [6, 6.07) is 8.29. The number of benzene rings is 1. The van der Waals surface area contributed by atoms with Crippen molar-refractivity contribution < 1.29 is 9.59 Å². The van der Waals surface area contributed by atoms with Gasteiger partial charge in [-0.15, -0.1) is 0 Å². The summed E-state index contributed by atoms with van der Waals surface area (Å²) in [6.07, 6.45) is 2.31. The molecule has 0 aromatic heterocycles. The number of hydrogen-bond donors (Lipinski definition) is 0. The molecule has 6 nitrogen and oxygen atoms in total. The minimum atomic E-state index is -0.458. The summed E-state index contributed by atoms with van der Waals surface area (Å²) in [4.78, 5) is 31.3. The van der Waals surface area contributed by atoms with Crippen LogP contribution in [0, 0.1) is 16.7 Å². The first kappa shape index (κ1) is 21.1. The molecule has 27 heavy (non-hydrogen) atoms. The number of hydrogen-bond acceptors (Lipinski definition) is 4. The molecule has 1 aliphatic heterocycles. The molecular formula is C20H28N4O2S. The second kappa shape index (κ2) is 8.22. The van der Waals surface area contributed by atoms with Crippen LogP contribution >= 0.6 is 11.8 Å². The molecule has 7 heteroatoms. The van der Waals surface area contributed by atoms with Crippen LogP contribution in [0.4, 0.5) is 10.5 Å². The third kappa shape index (κ3) is 4.22. The highest BCUT2D eigenvalue weighted by Crippen LogP contribution is 2.36. The zero-order valence-electron chi connectivity index (χ0n) is 16.9. The molecule has 146 valence electrons. The van der Waals surface area contributed by atoms with Crippen LogP contribution in [0.1, 0.15) is 32.8 Å². The summed E-state index contributed by atoms with van der Waals surface area (Å²) in [7, 11) is 3.48. The molecule has 2 unspecified atom stereocenters. The highest BCUT2D eigenvalue weighted by atomic mass is 32.2. The lowest BCUT2D eigenvalue weighted by molar-refractivity contribution is -0.129. The van der Waals surface area contributed by atoms with Crippen molar-refractivity contribution >= 4 is 29.4 Å². The zero-order valence-corrected chi connectivity index (χ0v) is 17.7. The highest BCUT2D eigenvalue weighted by molar-refractivity contribution is 7.98. The quantitative estimate of drug-likeness (QED) is 0.793. The third-order valence-electron chi connectivity index (χ3n) is 4.86. The van der Waals surface area contributed by atoms with Gasteiger partial charge in [-0.1, -0.05) is 20.8 Å². The van der Waals surface area contributed by atoms with Gasteiger partial charge in [0.1, 0.15) is 12.2 Å². The van der Waals surface area contributed by atoms with Gasteiger partial charge in [-0.05, 0) is 42.7 Å². The van der Waals surface area contributed by atoms with Crippen molar-refractivity contribution in [2.45, 2.75) is 39.4 Å². The summed E-state index contributed by atoms with van der Waals surface area (Å²) >= 11 is 1.67. The SMILES string of the molecule is CSCCC1C(=O)N(C)C(C(C)(C)C)N1C(=O)N(C)c1ccc(C#N)cc1. The lowest BCUT2D eigenvalue weighted by Gasteiger charge is -2.40. The Balaban J connectivity index is 2.39. The summed E-state index contributed by atoms with van der Waals surface area (Å²) in [5, 5.41) is 8.96. The predicted molar refractivity (Wildman–Crippen MR) is 110 cm³/mol. The molecule has 0 bridgehead atoms. The van der Waals surface area contributed by atoms with Gasteiger partial charge in [0.15, 0.2) is 0 Å². The van der Waals surface area contributed by atoms with E-state index in [9.17, 15) is 9.59 Å². The lowest BCUT2D eigenvalue weighted by atomic mass is 9.91. The van der Waals surface area contributed by atoms with Gasteiger partial charge in [-0.25, -0.2) is 4.79 Å². The van der Waals surface area contributed by atoms with Crippen LogP contribution in [0.2, 0.25) is 0 Å². The number of carbonyl (C=O) groups excluding carboxylic acids is 2. The van der Waals surface area contributed by atoms with E-state index >= 15 is 0 Å². The maximum absolute atomic E-state index is 13.4. The minimum Gasteiger partial charge on any atom is -0.323 e. The number of rotatable bonds is 4. The molecule has 0 saturated carbocycles. The van der Waals surface area contributed by atoms with E-state index in [2.05, 4.69) is 6.07 Å². The van der Waals surface area contributed by atoms with Crippen LogP contribution in [-0.2, 0) is 4.79 Å². The second-order valence-corrected chi connectivity index (χ2v) is 8.88. The standard InChI is InChI=1S/C20H28N4O2S/c1-20(2,3)18-23(5)17(25)16(11-12-27-6)24(18)19(26)22(4)15-9-7-14(13-21)8-10-15/h7-10,16,18H,11-12H2,1-6H3. The van der Waals surface area contributed by atoms with E-state index in [4.69, 9.17) is 5.26 Å². The monoisotopic (exact) mass is 388 g/mol. The Labute approximate surface area is 166 Å². The van der Waals surface area contributed by atoms with Gasteiger partial charge in [-0.2, -0.15) is 17.0 Å². The molecule has 2 rings (SSSR count). The first-order valence-electron chi connectivity index (χ1n) is 8.95. The molecule has 1 aromatic carbocycles. The van der Waals surface area contributed by atoms with Gasteiger partial charge in [0.2, 0.25) is 5.91 Å². The molecule has 0 spiro atoms. The van der Waals surface area contributed by atoms with Crippen LogP contribution in [-0.4, -0.2) is 60.0 Å². The van der Waals surface area contributed by atoms with Gasteiger partial charge in [0.05, 0.1) is 11.6 Å². The third-order valence-corrected chi connectivity index (χ3v) is 5.50. The molecule has 0 radical (unpaired) electrons. The van der Waals surface area contributed by atoms with Crippen LogP contribution < -0.4 is 4.90 Å². The maximum Gasteiger partial charge on any atom is 0.326 e. The first-order chi connectivity index (χ1) is 12.6. The lowest BCUT2D eigenvalue weighted by Crippen LogP contribution is -2.54. The molecular weight excluding hydrogens is 360 g/mol. The number of carbonyl (C=O) groups is 2. The topological polar surface area (TPSA) is 67.7 Å². The van der Waals surface area contributed by atoms with E-state index in [0.29, 0.717) is 17.7 Å². The average molecular weight is 389 g/mol. The van der Waals surface area contributed by atoms with E-state index in [0.717, 1.165) is 5.75 Å². The maximum atomic E-state index is 13.4. The molecule has 1 saturated heterocycles. The van der Waals surface area contributed by atoms with E-state index in [1.54, 1.807) is 64.8 Å². The molecule has 3 amide bonds. The Hall–Kier alpha value is -2.20. The van der Waals surface area contributed by atoms with Gasteiger partial charge in [0.25, 0.3) is 0 Å². The summed E-state index contributed by atoms with van der Waals surface area (Å²) in [5.74, 6) is 0.802. The number of nitriles is 1. The normalized spacial score (nSPS) is 20.0. The van der Waals surface area contributed by atoms with E-state index in [-0.39, 0.29) is 23.5 Å². The Morgan fingerprint density at radius 1 is 1.30 bits per heavy atom. The molecule has 1 fully saturated rings. The Kier molecular flexibility index (Phi) is 6.42. The zero-order chi connectivity index (χ0) is 20.4. The van der Waals surface area contributed by atoms with Gasteiger partial charge >= 0.3 is 6.03 Å². The van der Waals surface area contributed by atoms with Crippen LogP contribution in [0.5, 0.6) is 0 Å². The van der Waals surface area contributed by atoms with Gasteiger partial charge < -0.3 is 4.90 Å². The van der Waals surface area contributed by atoms with Gasteiger partial charge in [0, 0.05) is 25.2 Å². The number of nitrogens with zero attached hydrogens (tertiary/aromatic N) is 4. The van der Waals surface area contributed by atoms with Crippen molar-refractivity contribution in [2.24, 2.45) is 5.41 Å². The van der Waals surface area contributed by atoms with Gasteiger partial charge in [-0.3, -0.25) is 14.6 Å². The Morgan fingerprint density at radius 3 is 2.37 bits per heavy atom. The number of amides is 3. The second-order valence-electron chi connectivity index (χ2n) is 7.89. The molecule has 1 aromatic rings. The molecule has 0 aliphatic carbocycles. The fraction of sp³-hybridized carbons (Fsp3) is 0.550. The van der Waals surface area contributed by atoms with E-state index in [1.807, 2.05) is 27.0 Å². The van der Waals surface area contributed by atoms with Crippen molar-refractivity contribution in [3.8, 4) is 6.07 Å². The molecule has 1 heterocycles. The molecule has 2 atom stereocenters. The van der Waals surface area contributed by atoms with Crippen LogP contribution in [0.25, 0.3) is 0 Å². The minimum absolute atomic E-state index is 0.00875. The fourth-order valence-electron chi connectivity index (χ4n) is 3.60. The first-order valence-corrected chi connectivity index (χ1v) is 10.3. The number of urea groups is 1. The number of thioether (sulfide) groups is 1. The van der Waals surface area contributed by atoms with Crippen LogP contribution in [0.15, 0.2) is 24.3 Å². The molecule has 1 aliphatic rings. The fourth-order valence-corrected chi connectivity index (χ4v) is 4.06. The van der Waals surface area contributed by atoms with Crippen molar-refractivity contribution in [3.05, 3.63) is 29.8 Å². The van der Waals surface area contributed by atoms with E-state index < -0.39 is 6.04 Å². The Morgan fingerprint density at radius 2 is 1.89 bits per heavy atom. The smallest absolute Gasteiger partial charge is 0.323 e. The highest BCUT2D eigenvalue weighted by Gasteiger charge is 2.51. The van der Waals surface area contributed by atoms with Crippen molar-refractivity contribution in [2.75, 3.05) is 31.0 Å². The number of likely N-dealkylation sites (N-methyl/N-ethyl adjacent to an activating group) is 1. The average Bonchev–Trinajstić information content (AvgIpc) is 2.89. The summed E-state index contributed by atoms with van der Waals surface area (Å²) in [5.41, 5.74) is 0.957. The summed E-state index contributed by atoms with van der Waals surface area (Å²) < 4.78 is 0. The predicted octanol–water partition coefficient (Wildman–Crippen LogP) is 3.38. The van der Waals surface area contributed by atoms with Crippen molar-refractivity contribution in [1.82, 2.24) is 9.80 Å². The van der Waals surface area contributed by atoms with Crippen molar-refractivity contribution in [1.29, 1.82) is 5.26 Å². The van der Waals surface area contributed by atoms with E-state index in [1.165, 1.54) is 0 Å².